The maximum atomic E-state index is 15.4. The molecule has 36 heavy (non-hydrogen) atoms. The minimum Gasteiger partial charge on any atom is -0.497 e. The Hall–Kier alpha value is -2.41. The molecule has 0 saturated carbocycles. The van der Waals surface area contributed by atoms with Gasteiger partial charge in [0.15, 0.2) is 0 Å². The summed E-state index contributed by atoms with van der Waals surface area (Å²) >= 11 is 12.4. The number of benzene rings is 2. The highest BCUT2D eigenvalue weighted by molar-refractivity contribution is 6.42. The number of methoxy groups -OCH3 is 1. The van der Waals surface area contributed by atoms with Gasteiger partial charge in [0.2, 0.25) is 0 Å². The number of hydrogen-bond acceptors (Lipinski definition) is 4. The average Bonchev–Trinajstić information content (AvgIpc) is 2.89. The van der Waals surface area contributed by atoms with Crippen molar-refractivity contribution in [3.8, 4) is 5.75 Å². The number of piperidine rings is 1. The molecule has 2 heterocycles. The van der Waals surface area contributed by atoms with Gasteiger partial charge in [-0.1, -0.05) is 35.3 Å². The number of aliphatic carboxylic acids is 1. The van der Waals surface area contributed by atoms with E-state index in [1.807, 2.05) is 18.2 Å². The summed E-state index contributed by atoms with van der Waals surface area (Å²) in [5.41, 5.74) is 2.29. The molecule has 0 unspecified atom stereocenters. The van der Waals surface area contributed by atoms with Crippen LogP contribution in [0.15, 0.2) is 48.7 Å². The average molecular weight is 533 g/mol. The van der Waals surface area contributed by atoms with Gasteiger partial charge in [-0.3, -0.25) is 9.78 Å². The summed E-state index contributed by atoms with van der Waals surface area (Å²) in [6.07, 6.45) is 3.61. The molecule has 192 valence electrons. The number of nitrogens with zero attached hydrogens (tertiary/aromatic N) is 2. The van der Waals surface area contributed by atoms with Crippen LogP contribution in [0.4, 0.5) is 4.39 Å². The minimum atomic E-state index is -1.20. The number of carbonyl (C=O) groups is 1. The lowest BCUT2D eigenvalue weighted by Crippen LogP contribution is -2.44. The molecule has 8 heteroatoms. The molecule has 1 aliphatic heterocycles. The van der Waals surface area contributed by atoms with Gasteiger partial charge in [-0.25, -0.2) is 4.39 Å². The second-order valence-electron chi connectivity index (χ2n) is 9.44. The fourth-order valence-electron chi connectivity index (χ4n) is 5.19. The van der Waals surface area contributed by atoms with Crippen LogP contribution in [0, 0.1) is 11.8 Å². The van der Waals surface area contributed by atoms with Gasteiger partial charge in [-0.05, 0) is 92.6 Å². The molecule has 0 radical (unpaired) electrons. The first-order chi connectivity index (χ1) is 17.4. The first-order valence-electron chi connectivity index (χ1n) is 12.3. The first kappa shape index (κ1) is 26.6. The lowest BCUT2D eigenvalue weighted by Gasteiger charge is -2.37. The molecule has 0 aliphatic carbocycles. The van der Waals surface area contributed by atoms with Gasteiger partial charge in [-0.15, -0.1) is 0 Å². The predicted molar refractivity (Wildman–Crippen MR) is 142 cm³/mol. The van der Waals surface area contributed by atoms with Gasteiger partial charge >= 0.3 is 5.97 Å². The van der Waals surface area contributed by atoms with Gasteiger partial charge < -0.3 is 14.7 Å². The van der Waals surface area contributed by atoms with Crippen molar-refractivity contribution in [1.29, 1.82) is 0 Å². The number of aromatic nitrogens is 1. The number of fused-ring (bicyclic) bond motifs is 1. The molecular formula is C28H31Cl2FN2O3. The molecular weight excluding hydrogens is 502 g/mol. The van der Waals surface area contributed by atoms with Crippen molar-refractivity contribution in [2.24, 2.45) is 11.8 Å². The molecule has 1 saturated heterocycles. The van der Waals surface area contributed by atoms with Crippen molar-refractivity contribution >= 4 is 40.1 Å². The van der Waals surface area contributed by atoms with Crippen LogP contribution in [0.3, 0.4) is 0 Å². The largest absolute Gasteiger partial charge is 0.497 e. The van der Waals surface area contributed by atoms with Crippen LogP contribution in [-0.2, 0) is 11.2 Å². The number of hydrogen-bond donors (Lipinski definition) is 1. The van der Waals surface area contributed by atoms with Crippen LogP contribution in [0.2, 0.25) is 10.0 Å². The molecule has 1 aromatic heterocycles. The van der Waals surface area contributed by atoms with E-state index < -0.39 is 18.1 Å². The second-order valence-corrected chi connectivity index (χ2v) is 10.2. The highest BCUT2D eigenvalue weighted by Gasteiger charge is 2.34. The summed E-state index contributed by atoms with van der Waals surface area (Å²) in [7, 11) is 1.58. The third-order valence-corrected chi connectivity index (χ3v) is 8.08. The quantitative estimate of drug-likeness (QED) is 0.304. The lowest BCUT2D eigenvalue weighted by molar-refractivity contribution is -0.146. The summed E-state index contributed by atoms with van der Waals surface area (Å²) in [6, 6.07) is 12.8. The van der Waals surface area contributed by atoms with E-state index in [-0.39, 0.29) is 12.3 Å². The van der Waals surface area contributed by atoms with E-state index in [2.05, 4.69) is 9.88 Å². The van der Waals surface area contributed by atoms with E-state index in [1.54, 1.807) is 37.6 Å². The molecule has 1 fully saturated rings. The Kier molecular flexibility index (Phi) is 9.04. The monoisotopic (exact) mass is 532 g/mol. The van der Waals surface area contributed by atoms with E-state index >= 15 is 4.39 Å². The third-order valence-electron chi connectivity index (χ3n) is 7.22. The molecule has 0 amide bonds. The fourth-order valence-corrected chi connectivity index (χ4v) is 5.61. The third kappa shape index (κ3) is 6.28. The van der Waals surface area contributed by atoms with E-state index in [9.17, 15) is 9.90 Å². The van der Waals surface area contributed by atoms with Crippen molar-refractivity contribution in [3.05, 3.63) is 69.8 Å². The van der Waals surface area contributed by atoms with Gasteiger partial charge in [0.1, 0.15) is 11.9 Å². The molecule has 0 spiro atoms. The molecule has 3 aromatic rings. The Labute approximate surface area is 221 Å². The van der Waals surface area contributed by atoms with Crippen molar-refractivity contribution in [3.63, 3.8) is 0 Å². The highest BCUT2D eigenvalue weighted by atomic mass is 35.5. The smallest absolute Gasteiger partial charge is 0.308 e. The van der Waals surface area contributed by atoms with Crippen LogP contribution in [0.25, 0.3) is 10.9 Å². The molecule has 2 aromatic carbocycles. The van der Waals surface area contributed by atoms with Crippen molar-refractivity contribution in [2.45, 2.75) is 38.3 Å². The number of likely N-dealkylation sites (tertiary alicyclic amines) is 1. The van der Waals surface area contributed by atoms with E-state index in [0.717, 1.165) is 43.3 Å². The summed E-state index contributed by atoms with van der Waals surface area (Å²) in [6.45, 7) is 2.08. The number of aryl methyl sites for hydroxylation is 1. The van der Waals surface area contributed by atoms with Crippen molar-refractivity contribution in [2.75, 3.05) is 26.7 Å². The van der Waals surface area contributed by atoms with Crippen LogP contribution in [0.1, 0.15) is 43.0 Å². The number of rotatable bonds is 10. The van der Waals surface area contributed by atoms with Gasteiger partial charge in [0.25, 0.3) is 0 Å². The Morgan fingerprint density at radius 3 is 2.89 bits per heavy atom. The molecule has 4 rings (SSSR count). The zero-order chi connectivity index (χ0) is 25.7. The SMILES string of the molecule is COc1ccc2nccc([C@@H](F)CC[C@@H]3CCN(CCCc4cccc(Cl)c4Cl)C[C@@H]3C(=O)O)c2c1. The van der Waals surface area contributed by atoms with E-state index in [4.69, 9.17) is 27.9 Å². The zero-order valence-corrected chi connectivity index (χ0v) is 21.8. The maximum Gasteiger partial charge on any atom is 0.308 e. The molecule has 1 N–H and O–H groups in total. The Morgan fingerprint density at radius 2 is 2.11 bits per heavy atom. The topological polar surface area (TPSA) is 62.7 Å². The van der Waals surface area contributed by atoms with E-state index in [0.29, 0.717) is 39.8 Å². The summed E-state index contributed by atoms with van der Waals surface area (Å²) in [5.74, 6) is -0.714. The summed E-state index contributed by atoms with van der Waals surface area (Å²) in [4.78, 5) is 18.6. The van der Waals surface area contributed by atoms with Crippen molar-refractivity contribution in [1.82, 2.24) is 9.88 Å². The highest BCUT2D eigenvalue weighted by Crippen LogP contribution is 2.35. The van der Waals surface area contributed by atoms with Gasteiger partial charge in [-0.2, -0.15) is 0 Å². The fraction of sp³-hybridized carbons (Fsp3) is 0.429. The maximum absolute atomic E-state index is 15.4. The van der Waals surface area contributed by atoms with Crippen LogP contribution >= 0.6 is 23.2 Å². The molecule has 5 nitrogen and oxygen atoms in total. The molecule has 3 atom stereocenters. The lowest BCUT2D eigenvalue weighted by atomic mass is 9.81. The minimum absolute atomic E-state index is 0.0537. The summed E-state index contributed by atoms with van der Waals surface area (Å²) in [5, 5.41) is 11.8. The number of carboxylic acids is 1. The number of halogens is 3. The van der Waals surface area contributed by atoms with Gasteiger partial charge in [0.05, 0.1) is 28.6 Å². The summed E-state index contributed by atoms with van der Waals surface area (Å²) < 4.78 is 20.7. The Morgan fingerprint density at radius 1 is 1.28 bits per heavy atom. The van der Waals surface area contributed by atoms with Gasteiger partial charge in [0, 0.05) is 18.1 Å². The Balaban J connectivity index is 1.33. The van der Waals surface area contributed by atoms with Crippen LogP contribution in [-0.4, -0.2) is 47.7 Å². The normalized spacial score (nSPS) is 19.3. The standard InChI is InChI=1S/C28H31Cl2FN2O3/c1-36-20-8-10-26-22(16-20)21(11-13-32-26)25(31)9-7-18-12-15-33(17-23(18)28(34)35)14-3-5-19-4-2-6-24(29)27(19)30/h2,4,6,8,10-11,13,16,18,23,25H,3,5,7,9,12,14-15,17H2,1H3,(H,34,35)/t18-,23+,25+/m1/s1. The number of alkyl halides is 1. The number of pyridine rings is 1. The first-order valence-corrected chi connectivity index (χ1v) is 13.1. The molecule has 1 aliphatic rings. The van der Waals surface area contributed by atoms with Crippen LogP contribution < -0.4 is 4.74 Å². The Bertz CT molecular complexity index is 1210. The van der Waals surface area contributed by atoms with Crippen molar-refractivity contribution < 1.29 is 19.0 Å². The number of carboxylic acid groups (broad SMARTS) is 1. The molecule has 0 bridgehead atoms. The van der Waals surface area contributed by atoms with Crippen LogP contribution in [0.5, 0.6) is 5.75 Å². The second kappa shape index (κ2) is 12.2. The predicted octanol–water partition coefficient (Wildman–Crippen LogP) is 7.00. The van der Waals surface area contributed by atoms with E-state index in [1.165, 1.54) is 0 Å². The number of ether oxygens (including phenoxy) is 1. The zero-order valence-electron chi connectivity index (χ0n) is 20.3.